The fraction of sp³-hybridized carbons (Fsp3) is 0.784. The van der Waals surface area contributed by atoms with Gasteiger partial charge >= 0.3 is 42.2 Å². The van der Waals surface area contributed by atoms with Crippen LogP contribution in [0.15, 0.2) is 20.0 Å². The molecule has 0 bridgehead atoms. The number of thiol groups is 3. The summed E-state index contributed by atoms with van der Waals surface area (Å²) in [6, 6.07) is -2.49. The largest absolute Gasteiger partial charge is 0.480 e. The van der Waals surface area contributed by atoms with E-state index in [1.165, 1.54) is 26.2 Å². The number of alkyl halides is 1. The van der Waals surface area contributed by atoms with Gasteiger partial charge in [-0.25, -0.2) is 33.8 Å². The summed E-state index contributed by atoms with van der Waals surface area (Å²) in [5, 5.41) is 43.8. The molecule has 81 heavy (non-hydrogen) atoms. The molecule has 0 spiro atoms. The van der Waals surface area contributed by atoms with Gasteiger partial charge in [-0.2, -0.15) is 51.4 Å². The number of aliphatic carboxylic acids is 4. The zero-order valence-corrected chi connectivity index (χ0v) is 56.8. The van der Waals surface area contributed by atoms with E-state index in [9.17, 15) is 33.6 Å². The number of nitrogens with one attached hydrogen (secondary N) is 3. The van der Waals surface area contributed by atoms with E-state index in [-0.39, 0.29) is 43.5 Å². The Bertz CT molecular complexity index is 1790. The number of hydrogen-bond donors (Lipinski definition) is 12. The molecule has 11 N–H and O–H groups in total. The van der Waals surface area contributed by atoms with Gasteiger partial charge in [0.1, 0.15) is 52.9 Å². The molecule has 0 aliphatic heterocycles. The van der Waals surface area contributed by atoms with Crippen LogP contribution in [-0.4, -0.2) is 162 Å². The molecule has 0 heterocycles. The molecule has 0 rings (SSSR count). The maximum absolute atomic E-state index is 11.5. The van der Waals surface area contributed by atoms with Gasteiger partial charge in [0, 0.05) is 11.1 Å². The van der Waals surface area contributed by atoms with Crippen molar-refractivity contribution in [2.45, 2.75) is 214 Å². The Kier molecular flexibility index (Phi) is 59.7. The molecule has 0 aromatic carbocycles. The van der Waals surface area contributed by atoms with Crippen LogP contribution >= 0.6 is 88.9 Å². The number of carbonyl (C=O) groups excluding carboxylic acids is 3. The normalized spacial score (nSPS) is 12.5. The number of carboxylic acids is 4. The highest BCUT2D eigenvalue weighted by atomic mass is 79.9. The number of hydrogen-bond acceptors (Lipinski definition) is 19. The second kappa shape index (κ2) is 54.5. The lowest BCUT2D eigenvalue weighted by Crippen LogP contribution is -2.36. The van der Waals surface area contributed by atoms with Gasteiger partial charge in [-0.3, -0.25) is 35.7 Å². The van der Waals surface area contributed by atoms with Gasteiger partial charge in [-0.05, 0) is 158 Å². The Balaban J connectivity index is -0.000000223. The molecule has 3 atom stereocenters. The third kappa shape index (κ3) is 72.6. The van der Waals surface area contributed by atoms with Crippen molar-refractivity contribution in [1.29, 1.82) is 0 Å². The lowest BCUT2D eigenvalue weighted by Gasteiger charge is -2.19. The van der Waals surface area contributed by atoms with Gasteiger partial charge in [-0.1, -0.05) is 82.5 Å². The number of nitrogens with zero attached hydrogens (tertiary/aromatic N) is 4. The minimum Gasteiger partial charge on any atom is -0.480 e. The average Bonchev–Trinajstić information content (AvgIpc) is 3.29. The van der Waals surface area contributed by atoms with Crippen molar-refractivity contribution in [3.8, 4) is 0 Å². The fourth-order valence-electron chi connectivity index (χ4n) is 5.42. The smallest absolute Gasteiger partial charge is 0.413 e. The molecule has 0 radical (unpaired) electrons. The first-order chi connectivity index (χ1) is 37.0. The summed E-state index contributed by atoms with van der Waals surface area (Å²) in [6.07, 6.45) is 13.6. The van der Waals surface area contributed by atoms with E-state index in [4.69, 9.17) is 46.1 Å². The summed E-state index contributed by atoms with van der Waals surface area (Å²) in [7, 11) is 3.56. The zero-order chi connectivity index (χ0) is 62.9. The third-order valence-electron chi connectivity index (χ3n) is 8.74. The molecule has 3 amide bonds. The number of alkyl carbamates (subject to hydrolysis) is 3. The number of nitrogens with two attached hydrogens (primary N) is 2. The van der Waals surface area contributed by atoms with E-state index in [0.717, 1.165) is 86.1 Å². The standard InChI is InChI=1S/2C14H26N2O4S.C9H19N3O2S2.C9H16N2O4.C5H11BrS.H2S/c2*1-10(16-13(19)20-14(2,3)4)15-11(12(17)18)8-6-5-7-9-21;1-15-16-6-4-2-3-5-7(8(13)14)12-9(10)11;1-6(10-5-7(12)13)11-8(14)15-9(2,3)4;6-4-2-1-3-5-7;/h2*11,21H,5-9H2,1-4H3,(H,17,18)(H,15,16,19);7H,2-6H2,1H3,(H,13,14)(H4,10,11,12);5H2,1-4H3,(H,12,13)(H,10,11,14);7H,1-5H2;1H2. The number of halogens is 1. The molecule has 0 aliphatic rings. The van der Waals surface area contributed by atoms with E-state index in [0.29, 0.717) is 19.3 Å². The molecule has 0 aromatic heterocycles. The lowest BCUT2D eigenvalue weighted by molar-refractivity contribution is -0.139. The second-order valence-corrected chi connectivity index (χ2v) is 25.0. The van der Waals surface area contributed by atoms with Crippen molar-refractivity contribution in [2.75, 3.05) is 41.1 Å². The van der Waals surface area contributed by atoms with E-state index in [2.05, 4.69) is 89.7 Å². The van der Waals surface area contributed by atoms with E-state index in [1.54, 1.807) is 87.0 Å². The number of ether oxygens (including phenoxy) is 3. The van der Waals surface area contributed by atoms with Crippen LogP contribution < -0.4 is 27.4 Å². The van der Waals surface area contributed by atoms with Crippen molar-refractivity contribution >= 4 is 155 Å². The Morgan fingerprint density at radius 3 is 1.10 bits per heavy atom. The Morgan fingerprint density at radius 1 is 0.519 bits per heavy atom. The van der Waals surface area contributed by atoms with Crippen LogP contribution in [0.3, 0.4) is 0 Å². The molecule has 30 heteroatoms. The van der Waals surface area contributed by atoms with Gasteiger partial charge in [-0.15, -0.1) is 0 Å². The van der Waals surface area contributed by atoms with Crippen LogP contribution in [-0.2, 0) is 33.4 Å². The number of carboxylic acid groups (broad SMARTS) is 4. The molecule has 0 saturated heterocycles. The maximum atomic E-state index is 11.5. The van der Waals surface area contributed by atoms with Crippen LogP contribution in [0, 0.1) is 0 Å². The topological polar surface area (TPSA) is 366 Å². The van der Waals surface area contributed by atoms with E-state index in [1.807, 2.05) is 17.0 Å². The number of amidine groups is 3. The Labute approximate surface area is 522 Å². The summed E-state index contributed by atoms with van der Waals surface area (Å²) in [4.78, 5) is 92.8. The summed E-state index contributed by atoms with van der Waals surface area (Å²) in [6.45, 7) is 19.9. The highest BCUT2D eigenvalue weighted by Gasteiger charge is 2.22. The maximum Gasteiger partial charge on any atom is 0.413 e. The summed E-state index contributed by atoms with van der Waals surface area (Å²) >= 11 is 15.6. The summed E-state index contributed by atoms with van der Waals surface area (Å²) in [5.41, 5.74) is 8.52. The number of unbranched alkanes of at least 4 members (excludes halogenated alkanes) is 8. The van der Waals surface area contributed by atoms with Crippen molar-refractivity contribution in [1.82, 2.24) is 16.0 Å². The number of guanidine groups is 1. The minimum atomic E-state index is -1.06. The third-order valence-corrected chi connectivity index (χ3v) is 12.1. The minimum absolute atomic E-state index is 0. The number of aliphatic imine (C=N–C) groups is 4. The first-order valence-electron chi connectivity index (χ1n) is 26.1. The van der Waals surface area contributed by atoms with Crippen molar-refractivity contribution in [2.24, 2.45) is 31.4 Å². The van der Waals surface area contributed by atoms with Gasteiger partial charge in [0.15, 0.2) is 12.0 Å². The predicted molar refractivity (Wildman–Crippen MR) is 351 cm³/mol. The van der Waals surface area contributed by atoms with Crippen LogP contribution in [0.5, 0.6) is 0 Å². The van der Waals surface area contributed by atoms with Gasteiger partial charge < -0.3 is 46.1 Å². The summed E-state index contributed by atoms with van der Waals surface area (Å²) in [5.74, 6) is 0.243. The van der Waals surface area contributed by atoms with Crippen molar-refractivity contribution in [3.05, 3.63) is 0 Å². The van der Waals surface area contributed by atoms with Gasteiger partial charge in [0.2, 0.25) is 0 Å². The van der Waals surface area contributed by atoms with Gasteiger partial charge in [0.25, 0.3) is 0 Å². The van der Waals surface area contributed by atoms with Crippen LogP contribution in [0.2, 0.25) is 0 Å². The lowest BCUT2D eigenvalue weighted by atomic mass is 10.1. The number of carbonyl (C=O) groups is 7. The van der Waals surface area contributed by atoms with Crippen molar-refractivity contribution in [3.63, 3.8) is 0 Å². The Morgan fingerprint density at radius 2 is 0.827 bits per heavy atom. The SMILES string of the molecule is CC(=NC(CCCCCS)C(=O)O)NC(=O)OC(C)(C)C.CC(=NC(CCCCCS)C(=O)O)NC(=O)OC(C)(C)C.CC(=NCC(=O)O)NC(=O)OC(C)(C)C.CSSCCCCCC(N=C(N)N)C(=O)O.S.SCCCCCBr. The van der Waals surface area contributed by atoms with Crippen LogP contribution in [0.25, 0.3) is 0 Å². The first-order valence-corrected chi connectivity index (χ1v) is 31.9. The monoisotopic (exact) mass is 1330 g/mol. The molecule has 476 valence electrons. The molecule has 3 unspecified atom stereocenters. The quantitative estimate of drug-likeness (QED) is 0.00629. The van der Waals surface area contributed by atoms with Gasteiger partial charge in [0.05, 0.1) is 0 Å². The number of amides is 3. The molecule has 0 fully saturated rings. The average molecular weight is 1340 g/mol. The molecule has 23 nitrogen and oxygen atoms in total. The molecule has 0 saturated carbocycles. The first kappa shape index (κ1) is 88.8. The highest BCUT2D eigenvalue weighted by Crippen LogP contribution is 2.19. The Hall–Kier alpha value is -3.45. The molecule has 0 aromatic rings. The van der Waals surface area contributed by atoms with Crippen molar-refractivity contribution < 1.29 is 68.2 Å². The van der Waals surface area contributed by atoms with E-state index >= 15 is 0 Å². The zero-order valence-electron chi connectivity index (χ0n) is 49.9. The van der Waals surface area contributed by atoms with Crippen LogP contribution in [0.4, 0.5) is 14.4 Å². The molecule has 0 aliphatic carbocycles. The summed E-state index contributed by atoms with van der Waals surface area (Å²) < 4.78 is 15.1. The second-order valence-electron chi connectivity index (χ2n) is 20.2. The predicted octanol–water partition coefficient (Wildman–Crippen LogP) is 10.6. The number of rotatable bonds is 29. The highest BCUT2D eigenvalue weighted by molar-refractivity contribution is 9.09. The fourth-order valence-corrected chi connectivity index (χ4v) is 7.83. The molecular formula is C51H100BrN9O14S6. The molecular weight excluding hydrogens is 1230 g/mol. The van der Waals surface area contributed by atoms with E-state index < -0.39 is 77.1 Å². The van der Waals surface area contributed by atoms with Crippen LogP contribution in [0.1, 0.15) is 179 Å².